The number of nitrogens with one attached hydrogen (secondary N) is 1. The van der Waals surface area contributed by atoms with E-state index in [1.165, 1.54) is 0 Å². The predicted octanol–water partition coefficient (Wildman–Crippen LogP) is 2.54. The average molecular weight is 277 g/mol. The molecule has 4 nitrogen and oxygen atoms in total. The summed E-state index contributed by atoms with van der Waals surface area (Å²) in [5.74, 6) is -1.22. The van der Waals surface area contributed by atoms with Gasteiger partial charge in [-0.1, -0.05) is 45.0 Å². The lowest BCUT2D eigenvalue weighted by Crippen LogP contribution is -2.49. The Bertz CT molecular complexity index is 489. The molecule has 0 fully saturated rings. The summed E-state index contributed by atoms with van der Waals surface area (Å²) in [5, 5.41) is 11.8. The van der Waals surface area contributed by atoms with Crippen molar-refractivity contribution in [1.82, 2.24) is 5.32 Å². The van der Waals surface area contributed by atoms with Gasteiger partial charge in [-0.2, -0.15) is 0 Å². The van der Waals surface area contributed by atoms with E-state index in [9.17, 15) is 14.7 Å². The third-order valence-electron chi connectivity index (χ3n) is 3.30. The molecular formula is C16H23NO3. The monoisotopic (exact) mass is 277 g/mol. The molecule has 110 valence electrons. The van der Waals surface area contributed by atoms with E-state index in [0.717, 1.165) is 11.1 Å². The molecule has 0 aromatic heterocycles. The van der Waals surface area contributed by atoms with Gasteiger partial charge in [0.2, 0.25) is 5.91 Å². The smallest absolute Gasteiger partial charge is 0.326 e. The summed E-state index contributed by atoms with van der Waals surface area (Å²) in [5.41, 5.74) is 1.75. The highest BCUT2D eigenvalue weighted by molar-refractivity contribution is 5.84. The fourth-order valence-corrected chi connectivity index (χ4v) is 2.02. The molecule has 0 spiro atoms. The minimum atomic E-state index is -0.998. The van der Waals surface area contributed by atoms with Crippen LogP contribution in [-0.2, 0) is 16.0 Å². The molecule has 0 aliphatic rings. The van der Waals surface area contributed by atoms with E-state index in [1.807, 2.05) is 31.2 Å². The molecule has 4 heteroatoms. The molecule has 0 saturated heterocycles. The number of carbonyl (C=O) groups is 2. The molecule has 0 heterocycles. The molecule has 1 aromatic rings. The number of benzene rings is 1. The summed E-state index contributed by atoms with van der Waals surface area (Å²) < 4.78 is 0. The highest BCUT2D eigenvalue weighted by Crippen LogP contribution is 2.19. The van der Waals surface area contributed by atoms with E-state index in [4.69, 9.17) is 0 Å². The number of carboxylic acid groups (broad SMARTS) is 1. The van der Waals surface area contributed by atoms with E-state index in [-0.39, 0.29) is 5.91 Å². The summed E-state index contributed by atoms with van der Waals surface area (Å²) in [6.45, 7) is 7.40. The third-order valence-corrected chi connectivity index (χ3v) is 3.30. The molecule has 20 heavy (non-hydrogen) atoms. The quantitative estimate of drug-likeness (QED) is 0.869. The minimum Gasteiger partial charge on any atom is -0.480 e. The first-order valence-corrected chi connectivity index (χ1v) is 6.78. The van der Waals surface area contributed by atoms with E-state index in [2.05, 4.69) is 5.32 Å². The van der Waals surface area contributed by atoms with E-state index < -0.39 is 17.4 Å². The highest BCUT2D eigenvalue weighted by atomic mass is 16.4. The molecule has 1 aromatic carbocycles. The first-order valence-electron chi connectivity index (χ1n) is 6.78. The van der Waals surface area contributed by atoms with Gasteiger partial charge in [0.1, 0.15) is 6.04 Å². The van der Waals surface area contributed by atoms with Gasteiger partial charge in [-0.3, -0.25) is 4.79 Å². The van der Waals surface area contributed by atoms with Gasteiger partial charge in [0.15, 0.2) is 0 Å². The van der Waals surface area contributed by atoms with Crippen molar-refractivity contribution in [2.45, 2.75) is 46.6 Å². The molecular weight excluding hydrogens is 254 g/mol. The molecule has 1 atom stereocenters. The van der Waals surface area contributed by atoms with E-state index in [0.29, 0.717) is 12.8 Å². The second-order valence-corrected chi connectivity index (χ2v) is 6.13. The molecule has 1 amide bonds. The van der Waals surface area contributed by atoms with Crippen LogP contribution >= 0.6 is 0 Å². The van der Waals surface area contributed by atoms with Crippen LogP contribution in [0, 0.1) is 12.3 Å². The van der Waals surface area contributed by atoms with Crippen LogP contribution < -0.4 is 5.32 Å². The van der Waals surface area contributed by atoms with Crippen molar-refractivity contribution in [3.63, 3.8) is 0 Å². The molecule has 0 aliphatic heterocycles. The number of aryl methyl sites for hydroxylation is 2. The van der Waals surface area contributed by atoms with Crippen LogP contribution in [-0.4, -0.2) is 23.0 Å². The minimum absolute atomic E-state index is 0.226. The number of hydrogen-bond donors (Lipinski definition) is 2. The van der Waals surface area contributed by atoms with Gasteiger partial charge < -0.3 is 10.4 Å². The lowest BCUT2D eigenvalue weighted by atomic mass is 9.86. The first kappa shape index (κ1) is 16.2. The van der Waals surface area contributed by atoms with Crippen molar-refractivity contribution in [3.05, 3.63) is 35.4 Å². The number of hydrogen-bond acceptors (Lipinski definition) is 2. The maximum Gasteiger partial charge on any atom is 0.326 e. The maximum atomic E-state index is 11.9. The van der Waals surface area contributed by atoms with E-state index >= 15 is 0 Å². The van der Waals surface area contributed by atoms with Crippen molar-refractivity contribution >= 4 is 11.9 Å². The Labute approximate surface area is 120 Å². The van der Waals surface area contributed by atoms with Crippen LogP contribution in [0.1, 0.15) is 38.3 Å². The summed E-state index contributed by atoms with van der Waals surface area (Å²) in [6, 6.07) is 7.02. The molecule has 0 bridgehead atoms. The van der Waals surface area contributed by atoms with Gasteiger partial charge in [-0.25, -0.2) is 4.79 Å². The van der Waals surface area contributed by atoms with Crippen molar-refractivity contribution in [1.29, 1.82) is 0 Å². The number of carbonyl (C=O) groups excluding carboxylic acids is 1. The molecule has 2 N–H and O–H groups in total. The van der Waals surface area contributed by atoms with Gasteiger partial charge in [0.05, 0.1) is 0 Å². The Kier molecular flexibility index (Phi) is 5.31. The summed E-state index contributed by atoms with van der Waals surface area (Å²) >= 11 is 0. The molecule has 0 unspecified atom stereocenters. The lowest BCUT2D eigenvalue weighted by Gasteiger charge is -2.27. The standard InChI is InChI=1S/C16H23NO3/c1-11-7-5-6-8-12(11)9-10-13(18)17-14(15(19)20)16(2,3)4/h5-8,14H,9-10H2,1-4H3,(H,17,18)(H,19,20)/t14-/m0/s1. The van der Waals surface area contributed by atoms with Crippen molar-refractivity contribution in [2.75, 3.05) is 0 Å². The second-order valence-electron chi connectivity index (χ2n) is 6.13. The van der Waals surface area contributed by atoms with Gasteiger partial charge in [0.25, 0.3) is 0 Å². The molecule has 0 aliphatic carbocycles. The van der Waals surface area contributed by atoms with Crippen LogP contribution in [0.15, 0.2) is 24.3 Å². The van der Waals surface area contributed by atoms with Gasteiger partial charge >= 0.3 is 5.97 Å². The van der Waals surface area contributed by atoms with Crippen molar-refractivity contribution in [2.24, 2.45) is 5.41 Å². The number of rotatable bonds is 5. The van der Waals surface area contributed by atoms with Crippen LogP contribution in [0.5, 0.6) is 0 Å². The van der Waals surface area contributed by atoms with Gasteiger partial charge in [-0.05, 0) is 29.9 Å². The van der Waals surface area contributed by atoms with Crippen LogP contribution in [0.4, 0.5) is 0 Å². The number of aliphatic carboxylic acids is 1. The largest absolute Gasteiger partial charge is 0.480 e. The Morgan fingerprint density at radius 1 is 1.25 bits per heavy atom. The Hall–Kier alpha value is -1.84. The van der Waals surface area contributed by atoms with Crippen molar-refractivity contribution in [3.8, 4) is 0 Å². The third kappa shape index (κ3) is 4.68. The zero-order chi connectivity index (χ0) is 15.3. The Balaban J connectivity index is 2.60. The maximum absolute atomic E-state index is 11.9. The van der Waals surface area contributed by atoms with Gasteiger partial charge in [-0.15, -0.1) is 0 Å². The summed E-state index contributed by atoms with van der Waals surface area (Å²) in [4.78, 5) is 23.1. The van der Waals surface area contributed by atoms with Gasteiger partial charge in [0, 0.05) is 6.42 Å². The Morgan fingerprint density at radius 3 is 2.35 bits per heavy atom. The van der Waals surface area contributed by atoms with Crippen LogP contribution in [0.2, 0.25) is 0 Å². The Morgan fingerprint density at radius 2 is 1.85 bits per heavy atom. The summed E-state index contributed by atoms with van der Waals surface area (Å²) in [6.07, 6.45) is 0.916. The number of carboxylic acids is 1. The SMILES string of the molecule is Cc1ccccc1CCC(=O)N[C@@H](C(=O)O)C(C)(C)C. The zero-order valence-corrected chi connectivity index (χ0v) is 12.6. The highest BCUT2D eigenvalue weighted by Gasteiger charge is 2.32. The molecule has 1 rings (SSSR count). The van der Waals surface area contributed by atoms with E-state index in [1.54, 1.807) is 20.8 Å². The predicted molar refractivity (Wildman–Crippen MR) is 78.5 cm³/mol. The lowest BCUT2D eigenvalue weighted by molar-refractivity contribution is -0.144. The molecule has 0 radical (unpaired) electrons. The summed E-state index contributed by atoms with van der Waals surface area (Å²) in [7, 11) is 0. The fourth-order valence-electron chi connectivity index (χ4n) is 2.02. The molecule has 0 saturated carbocycles. The fraction of sp³-hybridized carbons (Fsp3) is 0.500. The normalized spacial score (nSPS) is 12.8. The zero-order valence-electron chi connectivity index (χ0n) is 12.6. The number of amides is 1. The second kappa shape index (κ2) is 6.55. The van der Waals surface area contributed by atoms with Crippen LogP contribution in [0.3, 0.4) is 0 Å². The average Bonchev–Trinajstić information content (AvgIpc) is 2.33. The topological polar surface area (TPSA) is 66.4 Å². The first-order chi connectivity index (χ1) is 9.21. The van der Waals surface area contributed by atoms with Crippen molar-refractivity contribution < 1.29 is 14.7 Å². The van der Waals surface area contributed by atoms with Crippen LogP contribution in [0.25, 0.3) is 0 Å².